The second-order valence-corrected chi connectivity index (χ2v) is 8.11. The van der Waals surface area contributed by atoms with E-state index < -0.39 is 0 Å². The van der Waals surface area contributed by atoms with Crippen molar-refractivity contribution in [1.82, 2.24) is 9.97 Å². The number of thiophene rings is 1. The molecule has 0 radical (unpaired) electrons. The maximum absolute atomic E-state index is 12.7. The number of nitriles is 1. The first-order valence-corrected chi connectivity index (χ1v) is 9.60. The van der Waals surface area contributed by atoms with Gasteiger partial charge in [-0.15, -0.1) is 11.3 Å². The summed E-state index contributed by atoms with van der Waals surface area (Å²) in [4.78, 5) is 22.2. The molecule has 0 spiro atoms. The zero-order valence-electron chi connectivity index (χ0n) is 14.8. The van der Waals surface area contributed by atoms with Crippen LogP contribution >= 0.6 is 11.3 Å². The number of nitrogens with zero attached hydrogens (tertiary/aromatic N) is 2. The Morgan fingerprint density at radius 2 is 2.31 bits per heavy atom. The minimum absolute atomic E-state index is 0.137. The van der Waals surface area contributed by atoms with Crippen molar-refractivity contribution in [3.05, 3.63) is 62.0 Å². The van der Waals surface area contributed by atoms with Crippen LogP contribution in [0.5, 0.6) is 0 Å². The van der Waals surface area contributed by atoms with Crippen molar-refractivity contribution < 1.29 is 0 Å². The Kier molecular flexibility index (Phi) is 4.21. The molecule has 4 rings (SSSR count). The lowest BCUT2D eigenvalue weighted by Gasteiger charge is -2.17. The molecule has 0 amide bonds. The average molecular weight is 361 g/mol. The summed E-state index contributed by atoms with van der Waals surface area (Å²) in [5.74, 6) is 0.989. The van der Waals surface area contributed by atoms with Crippen molar-refractivity contribution in [3.8, 4) is 6.07 Å². The zero-order valence-corrected chi connectivity index (χ0v) is 15.6. The zero-order chi connectivity index (χ0) is 18.3. The van der Waals surface area contributed by atoms with Crippen molar-refractivity contribution >= 4 is 33.2 Å². The number of aromatic nitrogens is 2. The van der Waals surface area contributed by atoms with Gasteiger partial charge in [0.25, 0.3) is 5.56 Å². The molecule has 1 aliphatic carbocycles. The lowest BCUT2D eigenvalue weighted by Crippen LogP contribution is -2.14. The lowest BCUT2D eigenvalue weighted by molar-refractivity contribution is 0.509. The third-order valence-corrected chi connectivity index (χ3v) is 6.04. The van der Waals surface area contributed by atoms with Gasteiger partial charge in [0.2, 0.25) is 0 Å². The SMILES string of the molecule is Cc1cccc(/C=C(/C#N)c2nc3sc4c(c3c(=O)[nH]2)CC[C@H](C)C4)c1. The van der Waals surface area contributed by atoms with Gasteiger partial charge in [-0.05, 0) is 49.3 Å². The summed E-state index contributed by atoms with van der Waals surface area (Å²) >= 11 is 1.60. The third-order valence-electron chi connectivity index (χ3n) is 4.89. The van der Waals surface area contributed by atoms with Gasteiger partial charge in [-0.25, -0.2) is 4.98 Å². The molecular weight excluding hydrogens is 342 g/mol. The molecule has 3 aromatic rings. The summed E-state index contributed by atoms with van der Waals surface area (Å²) in [5, 5.41) is 10.3. The van der Waals surface area contributed by atoms with E-state index in [1.807, 2.05) is 31.2 Å². The van der Waals surface area contributed by atoms with Gasteiger partial charge in [0.15, 0.2) is 5.82 Å². The van der Waals surface area contributed by atoms with Crippen molar-refractivity contribution in [2.45, 2.75) is 33.1 Å². The molecule has 1 N–H and O–H groups in total. The summed E-state index contributed by atoms with van der Waals surface area (Å²) in [5.41, 5.74) is 3.43. The summed E-state index contributed by atoms with van der Waals surface area (Å²) in [6, 6.07) is 10.1. The smallest absolute Gasteiger partial charge is 0.260 e. The maximum atomic E-state index is 12.7. The van der Waals surface area contributed by atoms with Gasteiger partial charge in [-0.2, -0.15) is 5.26 Å². The van der Waals surface area contributed by atoms with Crippen molar-refractivity contribution in [2.24, 2.45) is 5.92 Å². The predicted octanol–water partition coefficient (Wildman–Crippen LogP) is 4.48. The lowest BCUT2D eigenvalue weighted by atomic mass is 9.89. The molecular formula is C21H19N3OS. The summed E-state index contributed by atoms with van der Waals surface area (Å²) in [6.45, 7) is 4.25. The number of hydrogen-bond acceptors (Lipinski definition) is 4. The van der Waals surface area contributed by atoms with E-state index in [0.29, 0.717) is 22.7 Å². The Labute approximate surface area is 155 Å². The molecule has 0 saturated heterocycles. The quantitative estimate of drug-likeness (QED) is 0.684. The fourth-order valence-corrected chi connectivity index (χ4v) is 4.94. The van der Waals surface area contributed by atoms with Crippen LogP contribution in [0.25, 0.3) is 21.9 Å². The molecule has 2 heterocycles. The number of hydrogen-bond donors (Lipinski definition) is 1. The average Bonchev–Trinajstić information content (AvgIpc) is 2.97. The van der Waals surface area contributed by atoms with Crippen LogP contribution < -0.4 is 5.56 Å². The Morgan fingerprint density at radius 1 is 1.46 bits per heavy atom. The largest absolute Gasteiger partial charge is 0.305 e. The molecule has 1 aliphatic rings. The van der Waals surface area contributed by atoms with E-state index in [-0.39, 0.29) is 5.56 Å². The van der Waals surface area contributed by atoms with E-state index in [1.54, 1.807) is 17.4 Å². The molecule has 1 aromatic carbocycles. The highest BCUT2D eigenvalue weighted by Crippen LogP contribution is 2.35. The number of aromatic amines is 1. The minimum Gasteiger partial charge on any atom is -0.305 e. The van der Waals surface area contributed by atoms with Crippen LogP contribution in [-0.2, 0) is 12.8 Å². The molecule has 4 nitrogen and oxygen atoms in total. The Bertz CT molecular complexity index is 1130. The van der Waals surface area contributed by atoms with Crippen molar-refractivity contribution in [1.29, 1.82) is 5.26 Å². The van der Waals surface area contributed by atoms with Gasteiger partial charge in [0, 0.05) is 4.88 Å². The van der Waals surface area contributed by atoms with E-state index in [1.165, 1.54) is 4.88 Å². The number of nitrogens with one attached hydrogen (secondary N) is 1. The first kappa shape index (κ1) is 16.7. The molecule has 5 heteroatoms. The monoisotopic (exact) mass is 361 g/mol. The molecule has 0 bridgehead atoms. The van der Waals surface area contributed by atoms with Crippen LogP contribution in [0, 0.1) is 24.2 Å². The molecule has 1 atom stereocenters. The number of benzene rings is 1. The van der Waals surface area contributed by atoms with Crippen LogP contribution in [0.2, 0.25) is 0 Å². The number of allylic oxidation sites excluding steroid dienone is 1. The number of fused-ring (bicyclic) bond motifs is 3. The first-order valence-electron chi connectivity index (χ1n) is 8.78. The standard InChI is InChI=1S/C21H19N3OS/c1-12-4-3-5-14(8-12)10-15(11-22)19-23-20(25)18-16-7-6-13(2)9-17(16)26-21(18)24-19/h3-5,8,10,13H,6-7,9H2,1-2H3,(H,23,24,25)/b15-10-/t13-/m0/s1. The summed E-state index contributed by atoms with van der Waals surface area (Å²) < 4.78 is 0. The fraction of sp³-hybridized carbons (Fsp3) is 0.286. The molecule has 130 valence electrons. The molecule has 0 saturated carbocycles. The topological polar surface area (TPSA) is 69.5 Å². The highest BCUT2D eigenvalue weighted by atomic mass is 32.1. The van der Waals surface area contributed by atoms with E-state index in [4.69, 9.17) is 0 Å². The summed E-state index contributed by atoms with van der Waals surface area (Å²) in [6.07, 6.45) is 4.82. The van der Waals surface area contributed by atoms with Crippen LogP contribution in [0.15, 0.2) is 29.1 Å². The van der Waals surface area contributed by atoms with Crippen LogP contribution in [0.4, 0.5) is 0 Å². The van der Waals surface area contributed by atoms with Gasteiger partial charge in [0.05, 0.1) is 11.0 Å². The number of rotatable bonds is 2. The van der Waals surface area contributed by atoms with Gasteiger partial charge in [-0.1, -0.05) is 36.8 Å². The Hall–Kier alpha value is -2.71. The highest BCUT2D eigenvalue weighted by molar-refractivity contribution is 7.18. The van der Waals surface area contributed by atoms with Gasteiger partial charge >= 0.3 is 0 Å². The van der Waals surface area contributed by atoms with E-state index in [2.05, 4.69) is 23.0 Å². The van der Waals surface area contributed by atoms with Crippen molar-refractivity contribution in [2.75, 3.05) is 0 Å². The normalized spacial score (nSPS) is 17.1. The Morgan fingerprint density at radius 3 is 3.08 bits per heavy atom. The van der Waals surface area contributed by atoms with Gasteiger partial charge < -0.3 is 4.98 Å². The van der Waals surface area contributed by atoms with E-state index >= 15 is 0 Å². The minimum atomic E-state index is -0.137. The van der Waals surface area contributed by atoms with Crippen LogP contribution in [0.1, 0.15) is 40.7 Å². The fourth-order valence-electron chi connectivity index (χ4n) is 3.56. The molecule has 0 unspecified atom stereocenters. The predicted molar refractivity (Wildman–Crippen MR) is 106 cm³/mol. The van der Waals surface area contributed by atoms with Crippen LogP contribution in [0.3, 0.4) is 0 Å². The van der Waals surface area contributed by atoms with E-state index in [9.17, 15) is 10.1 Å². The third kappa shape index (κ3) is 2.97. The second-order valence-electron chi connectivity index (χ2n) is 7.03. The second kappa shape index (κ2) is 6.54. The van der Waals surface area contributed by atoms with Crippen LogP contribution in [-0.4, -0.2) is 9.97 Å². The molecule has 26 heavy (non-hydrogen) atoms. The van der Waals surface area contributed by atoms with E-state index in [0.717, 1.165) is 40.8 Å². The number of aryl methyl sites for hydroxylation is 2. The summed E-state index contributed by atoms with van der Waals surface area (Å²) in [7, 11) is 0. The molecule has 0 aliphatic heterocycles. The molecule has 2 aromatic heterocycles. The molecule has 0 fully saturated rings. The van der Waals surface area contributed by atoms with Crippen molar-refractivity contribution in [3.63, 3.8) is 0 Å². The highest BCUT2D eigenvalue weighted by Gasteiger charge is 2.23. The first-order chi connectivity index (χ1) is 12.5. The maximum Gasteiger partial charge on any atom is 0.260 e. The number of H-pyrrole nitrogens is 1. The van der Waals surface area contributed by atoms with Gasteiger partial charge in [-0.3, -0.25) is 4.79 Å². The van der Waals surface area contributed by atoms with Gasteiger partial charge in [0.1, 0.15) is 10.9 Å². The Balaban J connectivity index is 1.84.